The van der Waals surface area contributed by atoms with E-state index in [0.29, 0.717) is 4.67 Å². The van der Waals surface area contributed by atoms with Crippen LogP contribution in [0.5, 0.6) is 0 Å². The smallest absolute Gasteiger partial charge is 0.271 e. The molecule has 0 radical (unpaired) electrons. The first kappa shape index (κ1) is 13.6. The zero-order valence-electron chi connectivity index (χ0n) is 10.5. The topological polar surface area (TPSA) is 68.3 Å². The van der Waals surface area contributed by atoms with Gasteiger partial charge in [0.25, 0.3) is 5.69 Å². The van der Waals surface area contributed by atoms with Crippen molar-refractivity contribution < 1.29 is 9.34 Å². The summed E-state index contributed by atoms with van der Waals surface area (Å²) in [6.07, 6.45) is 0. The lowest BCUT2D eigenvalue weighted by atomic mass is 10.1. The molecule has 0 fully saturated rings. The molecule has 2 aromatic rings. The zero-order valence-corrected chi connectivity index (χ0v) is 12.1. The fourth-order valence-electron chi connectivity index (χ4n) is 1.74. The molecule has 0 spiro atoms. The maximum atomic E-state index is 10.8. The van der Waals surface area contributed by atoms with Gasteiger partial charge in [-0.3, -0.25) is 10.1 Å². The predicted octanol–water partition coefficient (Wildman–Crippen LogP) is 4.43. The molecule has 0 aliphatic heterocycles. The van der Waals surface area contributed by atoms with Gasteiger partial charge in [0, 0.05) is 17.8 Å². The molecule has 1 aromatic heterocycles. The molecule has 1 atom stereocenters. The lowest BCUT2D eigenvalue weighted by molar-refractivity contribution is -0.384. The lowest BCUT2D eigenvalue weighted by Crippen LogP contribution is -2.07. The minimum atomic E-state index is -0.404. The summed E-state index contributed by atoms with van der Waals surface area (Å²) < 4.78 is 6.11. The Labute approximate surface area is 118 Å². The Balaban J connectivity index is 2.22. The van der Waals surface area contributed by atoms with Gasteiger partial charge < -0.3 is 9.73 Å². The van der Waals surface area contributed by atoms with Crippen LogP contribution in [-0.2, 0) is 0 Å². The number of hydrogen-bond acceptors (Lipinski definition) is 4. The van der Waals surface area contributed by atoms with Crippen LogP contribution in [0.25, 0.3) is 0 Å². The summed E-state index contributed by atoms with van der Waals surface area (Å²) in [6.45, 7) is 3.83. The largest absolute Gasteiger partial charge is 0.452 e. The monoisotopic (exact) mass is 324 g/mol. The predicted molar refractivity (Wildman–Crippen MR) is 76.3 cm³/mol. The molecular weight excluding hydrogens is 312 g/mol. The molecule has 0 saturated carbocycles. The van der Waals surface area contributed by atoms with Crippen molar-refractivity contribution in [2.75, 3.05) is 5.32 Å². The number of benzene rings is 1. The van der Waals surface area contributed by atoms with Crippen LogP contribution in [0.1, 0.15) is 24.3 Å². The Bertz CT molecular complexity index is 610. The SMILES string of the molecule is Cc1ccc([N+](=O)[O-])cc1NC(C)c1ccc(Br)o1. The lowest BCUT2D eigenvalue weighted by Gasteiger charge is -2.14. The van der Waals surface area contributed by atoms with Crippen LogP contribution >= 0.6 is 15.9 Å². The fourth-order valence-corrected chi connectivity index (χ4v) is 2.06. The van der Waals surface area contributed by atoms with Crippen molar-refractivity contribution in [3.8, 4) is 0 Å². The van der Waals surface area contributed by atoms with Crippen molar-refractivity contribution in [3.05, 3.63) is 56.4 Å². The summed E-state index contributed by atoms with van der Waals surface area (Å²) in [5.41, 5.74) is 1.75. The minimum Gasteiger partial charge on any atom is -0.452 e. The van der Waals surface area contributed by atoms with Crippen LogP contribution in [0.4, 0.5) is 11.4 Å². The Hall–Kier alpha value is -1.82. The van der Waals surface area contributed by atoms with Gasteiger partial charge in [-0.2, -0.15) is 0 Å². The van der Waals surface area contributed by atoms with Crippen LogP contribution in [0.3, 0.4) is 0 Å². The number of rotatable bonds is 4. The van der Waals surface area contributed by atoms with Crippen LogP contribution in [0.15, 0.2) is 39.4 Å². The Morgan fingerprint density at radius 3 is 2.68 bits per heavy atom. The van der Waals surface area contributed by atoms with Gasteiger partial charge in [0.15, 0.2) is 4.67 Å². The van der Waals surface area contributed by atoms with Crippen molar-refractivity contribution in [1.29, 1.82) is 0 Å². The normalized spacial score (nSPS) is 12.2. The summed E-state index contributed by atoms with van der Waals surface area (Å²) in [5.74, 6) is 0.762. The summed E-state index contributed by atoms with van der Waals surface area (Å²) in [4.78, 5) is 10.4. The molecular formula is C13H13BrN2O3. The number of aryl methyl sites for hydroxylation is 1. The number of hydrogen-bond donors (Lipinski definition) is 1. The van der Waals surface area contributed by atoms with Crippen molar-refractivity contribution in [2.24, 2.45) is 0 Å². The van der Waals surface area contributed by atoms with Crippen LogP contribution < -0.4 is 5.32 Å². The van der Waals surface area contributed by atoms with Gasteiger partial charge in [0.2, 0.25) is 0 Å². The highest BCUT2D eigenvalue weighted by molar-refractivity contribution is 9.10. The first-order valence-electron chi connectivity index (χ1n) is 5.74. The summed E-state index contributed by atoms with van der Waals surface area (Å²) in [6, 6.07) is 8.35. The van der Waals surface area contributed by atoms with Gasteiger partial charge in [-0.05, 0) is 47.5 Å². The van der Waals surface area contributed by atoms with Gasteiger partial charge in [-0.25, -0.2) is 0 Å². The van der Waals surface area contributed by atoms with Crippen LogP contribution in [0.2, 0.25) is 0 Å². The summed E-state index contributed by atoms with van der Waals surface area (Å²) in [7, 11) is 0. The van der Waals surface area contributed by atoms with Crippen LogP contribution in [-0.4, -0.2) is 4.92 Å². The quantitative estimate of drug-likeness (QED) is 0.667. The summed E-state index contributed by atoms with van der Waals surface area (Å²) >= 11 is 3.25. The van der Waals surface area contributed by atoms with Crippen LogP contribution in [0, 0.1) is 17.0 Å². The Kier molecular flexibility index (Phi) is 3.90. The van der Waals surface area contributed by atoms with Crippen molar-refractivity contribution in [2.45, 2.75) is 19.9 Å². The number of non-ortho nitro benzene ring substituents is 1. The van der Waals surface area contributed by atoms with E-state index < -0.39 is 4.92 Å². The third kappa shape index (κ3) is 3.14. The van der Waals surface area contributed by atoms with Crippen molar-refractivity contribution in [1.82, 2.24) is 0 Å². The van der Waals surface area contributed by atoms with Gasteiger partial charge in [0.1, 0.15) is 5.76 Å². The number of anilines is 1. The molecule has 0 saturated heterocycles. The van der Waals surface area contributed by atoms with E-state index >= 15 is 0 Å². The molecule has 0 aliphatic carbocycles. The van der Waals surface area contributed by atoms with Gasteiger partial charge >= 0.3 is 0 Å². The summed E-state index contributed by atoms with van der Waals surface area (Å²) in [5, 5.41) is 14.0. The third-order valence-corrected chi connectivity index (χ3v) is 3.25. The number of halogens is 1. The first-order valence-corrected chi connectivity index (χ1v) is 6.53. The third-order valence-electron chi connectivity index (χ3n) is 2.82. The average Bonchev–Trinajstić information content (AvgIpc) is 2.78. The van der Waals surface area contributed by atoms with Crippen molar-refractivity contribution >= 4 is 27.3 Å². The molecule has 19 heavy (non-hydrogen) atoms. The van der Waals surface area contributed by atoms with E-state index in [-0.39, 0.29) is 11.7 Å². The number of furan rings is 1. The maximum Gasteiger partial charge on any atom is 0.271 e. The molecule has 0 bridgehead atoms. The van der Waals surface area contributed by atoms with Gasteiger partial charge in [-0.15, -0.1) is 0 Å². The molecule has 1 heterocycles. The van der Waals surface area contributed by atoms with E-state index in [1.165, 1.54) is 12.1 Å². The second-order valence-corrected chi connectivity index (χ2v) is 5.05. The van der Waals surface area contributed by atoms with E-state index in [1.54, 1.807) is 6.07 Å². The molecule has 1 N–H and O–H groups in total. The highest BCUT2D eigenvalue weighted by Gasteiger charge is 2.13. The fraction of sp³-hybridized carbons (Fsp3) is 0.231. The highest BCUT2D eigenvalue weighted by atomic mass is 79.9. The molecule has 0 amide bonds. The average molecular weight is 325 g/mol. The second-order valence-electron chi connectivity index (χ2n) is 4.26. The van der Waals surface area contributed by atoms with E-state index in [1.807, 2.05) is 26.0 Å². The molecule has 2 rings (SSSR count). The first-order chi connectivity index (χ1) is 8.97. The number of nitrogens with zero attached hydrogens (tertiary/aromatic N) is 1. The zero-order chi connectivity index (χ0) is 14.0. The highest BCUT2D eigenvalue weighted by Crippen LogP contribution is 2.27. The minimum absolute atomic E-state index is 0.0703. The van der Waals surface area contributed by atoms with E-state index in [9.17, 15) is 10.1 Å². The molecule has 0 aliphatic rings. The second kappa shape index (κ2) is 5.44. The Morgan fingerprint density at radius 2 is 2.11 bits per heavy atom. The number of nitro groups is 1. The number of nitro benzene ring substituents is 1. The van der Waals surface area contributed by atoms with Crippen molar-refractivity contribution in [3.63, 3.8) is 0 Å². The number of nitrogens with one attached hydrogen (secondary N) is 1. The molecule has 1 aromatic carbocycles. The van der Waals surface area contributed by atoms with E-state index in [4.69, 9.17) is 4.42 Å². The molecule has 100 valence electrons. The maximum absolute atomic E-state index is 10.8. The molecule has 6 heteroatoms. The van der Waals surface area contributed by atoms with Gasteiger partial charge in [0.05, 0.1) is 11.0 Å². The Morgan fingerprint density at radius 1 is 1.37 bits per heavy atom. The van der Waals surface area contributed by atoms with Gasteiger partial charge in [-0.1, -0.05) is 6.07 Å². The molecule has 5 nitrogen and oxygen atoms in total. The standard InChI is InChI=1S/C13H13BrN2O3/c1-8-3-4-10(16(17)18)7-11(8)15-9(2)12-5-6-13(14)19-12/h3-7,9,15H,1-2H3. The van der Waals surface area contributed by atoms with E-state index in [2.05, 4.69) is 21.2 Å². The molecule has 1 unspecified atom stereocenters. The van der Waals surface area contributed by atoms with E-state index in [0.717, 1.165) is 17.0 Å².